The summed E-state index contributed by atoms with van der Waals surface area (Å²) < 4.78 is 25.5. The molecule has 3 heterocycles. The van der Waals surface area contributed by atoms with Gasteiger partial charge in [-0.1, -0.05) is 11.3 Å². The highest BCUT2D eigenvalue weighted by Gasteiger charge is 2.36. The smallest absolute Gasteiger partial charge is 0.321 e. The zero-order chi connectivity index (χ0) is 23.1. The Kier molecular flexibility index (Phi) is 6.34. The molecule has 0 unspecified atom stereocenters. The second-order valence-electron chi connectivity index (χ2n) is 8.80. The van der Waals surface area contributed by atoms with Crippen molar-refractivity contribution in [2.75, 3.05) is 36.2 Å². The van der Waals surface area contributed by atoms with Crippen molar-refractivity contribution in [3.05, 3.63) is 18.0 Å². The van der Waals surface area contributed by atoms with Crippen LogP contribution in [-0.2, 0) is 9.48 Å². The van der Waals surface area contributed by atoms with Gasteiger partial charge in [-0.3, -0.25) is 14.4 Å². The number of aromatic nitrogens is 3. The average molecular weight is 483 g/mol. The van der Waals surface area contributed by atoms with E-state index in [0.29, 0.717) is 47.1 Å². The minimum Gasteiger partial charge on any atom is -0.377 e. The number of ether oxygens (including phenoxy) is 1. The Morgan fingerprint density at radius 3 is 2.75 bits per heavy atom. The molecule has 0 bridgehead atoms. The molecule has 2 amide bonds. The molecule has 1 saturated carbocycles. The van der Waals surface area contributed by atoms with Crippen LogP contribution >= 0.6 is 21.9 Å². The molecule has 4 N–H and O–H groups in total. The number of nitrogens with one attached hydrogen (secondary N) is 2. The molecule has 10 nitrogen and oxygen atoms in total. The number of amides is 2. The largest absolute Gasteiger partial charge is 0.377 e. The van der Waals surface area contributed by atoms with Crippen LogP contribution < -0.4 is 15.5 Å². The number of nitrogens with zero attached hydrogens (tertiary/aromatic N) is 4. The third kappa shape index (κ3) is 4.99. The first-order valence-corrected chi connectivity index (χ1v) is 13.3. The van der Waals surface area contributed by atoms with Gasteiger partial charge in [0.05, 0.1) is 40.8 Å². The quantitative estimate of drug-likeness (QED) is 0.490. The van der Waals surface area contributed by atoms with Gasteiger partial charge < -0.3 is 15.0 Å². The minimum absolute atomic E-state index is 0.120. The number of carbonyl (C=O) groups is 1. The van der Waals surface area contributed by atoms with Crippen molar-refractivity contribution in [2.24, 2.45) is 0 Å². The lowest BCUT2D eigenvalue weighted by molar-refractivity contribution is 0.0985. The molecule has 0 aromatic carbocycles. The van der Waals surface area contributed by atoms with Crippen molar-refractivity contribution in [1.82, 2.24) is 20.3 Å². The second-order valence-corrected chi connectivity index (χ2v) is 12.5. The van der Waals surface area contributed by atoms with Gasteiger partial charge in [0.1, 0.15) is 5.82 Å². The molecular formula is C20H30N6O4S2. The molecule has 4 rings (SSSR count). The molecule has 32 heavy (non-hydrogen) atoms. The Hall–Kier alpha value is -1.99. The standard InChI is InChI=1S/C20H30N6O4S2/c1-12-11-30-8-7-26(12)16-9-15(20(2,3)32(4,28)29)23-17(24-16)14-10-21-19(31-14)25-18(27)22-13-5-6-13/h9-10,12-13,28-29H,5-8,11H2,1-4H3,(H2,21,22,25,27)/t12-/m0/s1. The van der Waals surface area contributed by atoms with Crippen LogP contribution in [0.5, 0.6) is 0 Å². The average Bonchev–Trinajstić information content (AvgIpc) is 3.41. The van der Waals surface area contributed by atoms with Crippen LogP contribution in [0.4, 0.5) is 15.7 Å². The lowest BCUT2D eigenvalue weighted by Crippen LogP contribution is -2.44. The predicted molar refractivity (Wildman–Crippen MR) is 128 cm³/mol. The van der Waals surface area contributed by atoms with Crippen LogP contribution in [0.25, 0.3) is 10.7 Å². The lowest BCUT2D eigenvalue weighted by atomic mass is 10.1. The summed E-state index contributed by atoms with van der Waals surface area (Å²) in [5, 5.41) is 6.08. The van der Waals surface area contributed by atoms with E-state index in [1.54, 1.807) is 20.0 Å². The zero-order valence-electron chi connectivity index (χ0n) is 18.7. The van der Waals surface area contributed by atoms with E-state index in [0.717, 1.165) is 12.8 Å². The Balaban J connectivity index is 1.68. The maximum atomic E-state index is 12.0. The summed E-state index contributed by atoms with van der Waals surface area (Å²) >= 11 is 1.28. The summed E-state index contributed by atoms with van der Waals surface area (Å²) in [6.45, 7) is 7.46. The van der Waals surface area contributed by atoms with E-state index in [1.165, 1.54) is 17.6 Å². The van der Waals surface area contributed by atoms with Gasteiger partial charge in [0.25, 0.3) is 0 Å². The van der Waals surface area contributed by atoms with Gasteiger partial charge in [0, 0.05) is 24.9 Å². The van der Waals surface area contributed by atoms with E-state index in [9.17, 15) is 13.9 Å². The number of hydrogen-bond donors (Lipinski definition) is 4. The summed E-state index contributed by atoms with van der Waals surface area (Å²) in [7, 11) is -2.94. The highest BCUT2D eigenvalue weighted by atomic mass is 32.3. The number of carbonyl (C=O) groups excluding carboxylic acids is 1. The van der Waals surface area contributed by atoms with Crippen LogP contribution in [-0.4, -0.2) is 68.2 Å². The van der Waals surface area contributed by atoms with Crippen LogP contribution in [0.15, 0.2) is 12.3 Å². The number of thiazole rings is 1. The zero-order valence-corrected chi connectivity index (χ0v) is 20.3. The van der Waals surface area contributed by atoms with Crippen molar-refractivity contribution < 1.29 is 18.6 Å². The normalized spacial score (nSPS) is 20.2. The molecule has 2 aromatic rings. The van der Waals surface area contributed by atoms with E-state index in [2.05, 4.69) is 32.4 Å². The Morgan fingerprint density at radius 2 is 2.09 bits per heavy atom. The molecule has 2 aliphatic rings. The molecule has 1 aliphatic heterocycles. The van der Waals surface area contributed by atoms with Gasteiger partial charge in [0.15, 0.2) is 11.0 Å². The Morgan fingerprint density at radius 1 is 1.34 bits per heavy atom. The number of rotatable bonds is 6. The van der Waals surface area contributed by atoms with Gasteiger partial charge in [-0.15, -0.1) is 0 Å². The highest BCUT2D eigenvalue weighted by molar-refractivity contribution is 8.24. The summed E-state index contributed by atoms with van der Waals surface area (Å²) in [4.78, 5) is 28.6. The molecule has 2 aromatic heterocycles. The summed E-state index contributed by atoms with van der Waals surface area (Å²) in [5.41, 5.74) is 0.535. The van der Waals surface area contributed by atoms with E-state index in [4.69, 9.17) is 9.72 Å². The highest BCUT2D eigenvalue weighted by Crippen LogP contribution is 2.55. The maximum Gasteiger partial charge on any atom is 0.321 e. The topological polar surface area (TPSA) is 133 Å². The van der Waals surface area contributed by atoms with Gasteiger partial charge in [0.2, 0.25) is 0 Å². The summed E-state index contributed by atoms with van der Waals surface area (Å²) in [6.07, 6.45) is 5.07. The van der Waals surface area contributed by atoms with Crippen LogP contribution in [0.3, 0.4) is 0 Å². The molecule has 0 radical (unpaired) electrons. The number of hydrogen-bond acceptors (Lipinski definition) is 9. The number of morpholine rings is 1. The lowest BCUT2D eigenvalue weighted by Gasteiger charge is -2.43. The molecule has 1 aliphatic carbocycles. The van der Waals surface area contributed by atoms with E-state index in [1.807, 2.05) is 6.07 Å². The number of anilines is 2. The van der Waals surface area contributed by atoms with E-state index >= 15 is 0 Å². The minimum atomic E-state index is -2.94. The van der Waals surface area contributed by atoms with Crippen molar-refractivity contribution >= 4 is 38.9 Å². The SMILES string of the molecule is C[C@H]1COCCN1c1cc(C(C)(C)S(C)(O)O)nc(-c2cnc(NC(=O)NC3CC3)s2)n1. The fourth-order valence-corrected chi connectivity index (χ4v) is 4.49. The fourth-order valence-electron chi connectivity index (χ4n) is 3.25. The predicted octanol–water partition coefficient (Wildman–Crippen LogP) is 3.72. The van der Waals surface area contributed by atoms with Crippen LogP contribution in [0.2, 0.25) is 0 Å². The summed E-state index contributed by atoms with van der Waals surface area (Å²) in [6, 6.07) is 1.93. The van der Waals surface area contributed by atoms with Crippen LogP contribution in [0, 0.1) is 0 Å². The third-order valence-electron chi connectivity index (χ3n) is 5.82. The van der Waals surface area contributed by atoms with Crippen molar-refractivity contribution in [1.29, 1.82) is 0 Å². The van der Waals surface area contributed by atoms with Gasteiger partial charge in [-0.05, 0) is 33.6 Å². The van der Waals surface area contributed by atoms with Crippen molar-refractivity contribution in [3.63, 3.8) is 0 Å². The molecule has 0 spiro atoms. The molecule has 12 heteroatoms. The Labute approximate surface area is 193 Å². The molecule has 176 valence electrons. The fraction of sp³-hybridized carbons (Fsp3) is 0.600. The second kappa shape index (κ2) is 8.75. The monoisotopic (exact) mass is 482 g/mol. The van der Waals surface area contributed by atoms with Crippen LogP contribution in [0.1, 0.15) is 39.3 Å². The number of urea groups is 1. The van der Waals surface area contributed by atoms with Gasteiger partial charge in [-0.25, -0.2) is 19.7 Å². The first-order valence-electron chi connectivity index (χ1n) is 10.5. The Bertz CT molecular complexity index is 989. The van der Waals surface area contributed by atoms with E-state index in [-0.39, 0.29) is 18.1 Å². The van der Waals surface area contributed by atoms with Crippen molar-refractivity contribution in [2.45, 2.75) is 50.4 Å². The molecule has 2 fully saturated rings. The molecular weight excluding hydrogens is 452 g/mol. The van der Waals surface area contributed by atoms with Gasteiger partial charge in [-0.2, -0.15) is 10.6 Å². The van der Waals surface area contributed by atoms with Crippen molar-refractivity contribution in [3.8, 4) is 10.7 Å². The van der Waals surface area contributed by atoms with E-state index < -0.39 is 15.3 Å². The maximum absolute atomic E-state index is 12.0. The summed E-state index contributed by atoms with van der Waals surface area (Å²) in [5.74, 6) is 1.13. The first-order chi connectivity index (χ1) is 15.0. The third-order valence-corrected chi connectivity index (χ3v) is 8.87. The first kappa shape index (κ1) is 23.2. The van der Waals surface area contributed by atoms with Gasteiger partial charge >= 0.3 is 6.03 Å². The molecule has 1 atom stereocenters. The molecule has 1 saturated heterocycles.